The van der Waals surface area contributed by atoms with E-state index in [9.17, 15) is 13.2 Å². The fraction of sp³-hybridized carbons (Fsp3) is 0.409. The minimum absolute atomic E-state index is 0.000590. The van der Waals surface area contributed by atoms with E-state index >= 15 is 0 Å². The number of aromatic nitrogens is 3. The molecule has 7 nitrogen and oxygen atoms in total. The third kappa shape index (κ3) is 4.14. The Balaban J connectivity index is 1.86. The van der Waals surface area contributed by atoms with E-state index in [1.165, 1.54) is 6.07 Å². The fourth-order valence-corrected chi connectivity index (χ4v) is 4.14. The molecule has 1 aromatic carbocycles. The number of alkyl halides is 3. The SMILES string of the molecule is CNc1nc(N)nc2nc(-c3c(N4CCN(C(C)C)CC4)cccc3C(F)(F)F)ccc12. The number of fused-ring (bicyclic) bond motifs is 1. The number of pyridine rings is 1. The summed E-state index contributed by atoms with van der Waals surface area (Å²) < 4.78 is 42.1. The second-order valence-corrected chi connectivity index (χ2v) is 8.06. The van der Waals surface area contributed by atoms with E-state index in [0.717, 1.165) is 19.2 Å². The van der Waals surface area contributed by atoms with Crippen molar-refractivity contribution in [3.8, 4) is 11.3 Å². The summed E-state index contributed by atoms with van der Waals surface area (Å²) in [4.78, 5) is 17.1. The molecule has 1 saturated heterocycles. The van der Waals surface area contributed by atoms with Crippen LogP contribution in [0.2, 0.25) is 0 Å². The number of nitrogen functional groups attached to an aromatic ring is 1. The summed E-state index contributed by atoms with van der Waals surface area (Å²) in [5.74, 6) is 0.473. The van der Waals surface area contributed by atoms with E-state index in [0.29, 0.717) is 36.0 Å². The van der Waals surface area contributed by atoms with Gasteiger partial charge in [0, 0.05) is 50.5 Å². The van der Waals surface area contributed by atoms with Crippen LogP contribution in [0.3, 0.4) is 0 Å². The standard InChI is InChI=1S/C22H26F3N7/c1-13(2)31-9-11-32(12-10-31)17-6-4-5-15(22(23,24)25)18(17)16-8-7-14-19(27-3)29-21(26)30-20(14)28-16/h4-8,13H,9-12H2,1-3H3,(H3,26,27,28,29,30). The van der Waals surface area contributed by atoms with Gasteiger partial charge in [-0.3, -0.25) is 4.90 Å². The molecule has 0 radical (unpaired) electrons. The summed E-state index contributed by atoms with van der Waals surface area (Å²) >= 11 is 0. The second-order valence-electron chi connectivity index (χ2n) is 8.06. The first kappa shape index (κ1) is 22.1. The van der Waals surface area contributed by atoms with E-state index in [-0.39, 0.29) is 22.9 Å². The third-order valence-corrected chi connectivity index (χ3v) is 5.80. The Morgan fingerprint density at radius 2 is 1.72 bits per heavy atom. The van der Waals surface area contributed by atoms with Gasteiger partial charge in [0.2, 0.25) is 5.95 Å². The predicted molar refractivity (Wildman–Crippen MR) is 121 cm³/mol. The van der Waals surface area contributed by atoms with Gasteiger partial charge in [0.05, 0.1) is 16.6 Å². The van der Waals surface area contributed by atoms with Gasteiger partial charge in [0.25, 0.3) is 0 Å². The second kappa shape index (κ2) is 8.42. The molecule has 0 spiro atoms. The van der Waals surface area contributed by atoms with Crippen LogP contribution in [-0.4, -0.2) is 59.1 Å². The number of hydrogen-bond donors (Lipinski definition) is 2. The van der Waals surface area contributed by atoms with E-state index in [1.54, 1.807) is 25.2 Å². The lowest BCUT2D eigenvalue weighted by molar-refractivity contribution is -0.137. The Bertz CT molecular complexity index is 1120. The van der Waals surface area contributed by atoms with E-state index in [1.807, 2.05) is 4.90 Å². The quantitative estimate of drug-likeness (QED) is 0.631. The molecular weight excluding hydrogens is 419 g/mol. The van der Waals surface area contributed by atoms with Gasteiger partial charge in [0.15, 0.2) is 5.65 Å². The van der Waals surface area contributed by atoms with E-state index < -0.39 is 11.7 Å². The minimum atomic E-state index is -4.53. The summed E-state index contributed by atoms with van der Waals surface area (Å²) in [6.07, 6.45) is -4.53. The summed E-state index contributed by atoms with van der Waals surface area (Å²) in [5.41, 5.74) is 6.08. The molecule has 1 fully saturated rings. The van der Waals surface area contributed by atoms with Crippen molar-refractivity contribution in [2.24, 2.45) is 0 Å². The van der Waals surface area contributed by atoms with Crippen LogP contribution in [0.25, 0.3) is 22.3 Å². The van der Waals surface area contributed by atoms with Crippen molar-refractivity contribution >= 4 is 28.5 Å². The number of anilines is 3. The average molecular weight is 445 g/mol. The van der Waals surface area contributed by atoms with Gasteiger partial charge in [-0.05, 0) is 38.1 Å². The highest BCUT2D eigenvalue weighted by molar-refractivity contribution is 5.90. The number of benzene rings is 1. The maximum atomic E-state index is 14.0. The Morgan fingerprint density at radius 3 is 2.34 bits per heavy atom. The molecule has 0 amide bonds. The number of nitrogens with two attached hydrogens (primary N) is 1. The van der Waals surface area contributed by atoms with Crippen molar-refractivity contribution in [2.45, 2.75) is 26.1 Å². The first-order valence-electron chi connectivity index (χ1n) is 10.5. The lowest BCUT2D eigenvalue weighted by Crippen LogP contribution is -2.49. The predicted octanol–water partition coefficient (Wildman–Crippen LogP) is 3.86. The lowest BCUT2D eigenvalue weighted by Gasteiger charge is -2.39. The summed E-state index contributed by atoms with van der Waals surface area (Å²) in [5, 5.41) is 3.50. The van der Waals surface area contributed by atoms with Gasteiger partial charge in [-0.1, -0.05) is 6.07 Å². The first-order chi connectivity index (χ1) is 15.2. The Morgan fingerprint density at radius 1 is 1.00 bits per heavy atom. The molecule has 4 rings (SSSR count). The number of hydrogen-bond acceptors (Lipinski definition) is 7. The van der Waals surface area contributed by atoms with Crippen LogP contribution in [0.1, 0.15) is 19.4 Å². The number of piperazine rings is 1. The highest BCUT2D eigenvalue weighted by Crippen LogP contribution is 2.42. The van der Waals surface area contributed by atoms with Crippen LogP contribution in [0.4, 0.5) is 30.6 Å². The molecule has 170 valence electrons. The molecule has 0 saturated carbocycles. The Labute approximate surface area is 184 Å². The summed E-state index contributed by atoms with van der Waals surface area (Å²) in [6, 6.07) is 7.94. The van der Waals surface area contributed by atoms with Crippen LogP contribution in [0.5, 0.6) is 0 Å². The molecule has 10 heteroatoms. The molecule has 0 aliphatic carbocycles. The van der Waals surface area contributed by atoms with Crippen LogP contribution in [0, 0.1) is 0 Å². The largest absolute Gasteiger partial charge is 0.417 e. The van der Waals surface area contributed by atoms with Crippen LogP contribution in [0.15, 0.2) is 30.3 Å². The highest BCUT2D eigenvalue weighted by Gasteiger charge is 2.36. The number of halogens is 3. The molecule has 3 heterocycles. The Hall–Kier alpha value is -3.14. The average Bonchev–Trinajstić information content (AvgIpc) is 2.77. The van der Waals surface area contributed by atoms with Gasteiger partial charge in [-0.25, -0.2) is 4.98 Å². The normalized spacial score (nSPS) is 15.5. The molecule has 3 aromatic rings. The highest BCUT2D eigenvalue weighted by atomic mass is 19.4. The zero-order chi connectivity index (χ0) is 23.0. The van der Waals surface area contributed by atoms with Crippen molar-refractivity contribution < 1.29 is 13.2 Å². The van der Waals surface area contributed by atoms with Crippen LogP contribution in [-0.2, 0) is 6.18 Å². The molecular formula is C22H26F3N7. The maximum absolute atomic E-state index is 14.0. The van der Waals surface area contributed by atoms with Crippen molar-refractivity contribution in [1.82, 2.24) is 19.9 Å². The summed E-state index contributed by atoms with van der Waals surface area (Å²) in [7, 11) is 1.68. The number of nitrogens with one attached hydrogen (secondary N) is 1. The number of nitrogens with zero attached hydrogens (tertiary/aromatic N) is 5. The van der Waals surface area contributed by atoms with Crippen molar-refractivity contribution in [3.05, 3.63) is 35.9 Å². The minimum Gasteiger partial charge on any atom is -0.372 e. The zero-order valence-electron chi connectivity index (χ0n) is 18.2. The van der Waals surface area contributed by atoms with E-state index in [2.05, 4.69) is 39.0 Å². The molecule has 0 bridgehead atoms. The third-order valence-electron chi connectivity index (χ3n) is 5.80. The van der Waals surface area contributed by atoms with Crippen molar-refractivity contribution in [3.63, 3.8) is 0 Å². The molecule has 32 heavy (non-hydrogen) atoms. The fourth-order valence-electron chi connectivity index (χ4n) is 4.14. The monoisotopic (exact) mass is 445 g/mol. The van der Waals surface area contributed by atoms with E-state index in [4.69, 9.17) is 5.73 Å². The molecule has 1 aliphatic heterocycles. The Kier molecular flexibility index (Phi) is 5.81. The zero-order valence-corrected chi connectivity index (χ0v) is 18.2. The van der Waals surface area contributed by atoms with Gasteiger partial charge < -0.3 is 16.0 Å². The van der Waals surface area contributed by atoms with Crippen LogP contribution >= 0.6 is 0 Å². The smallest absolute Gasteiger partial charge is 0.372 e. The first-order valence-corrected chi connectivity index (χ1v) is 10.5. The molecule has 0 atom stereocenters. The van der Waals surface area contributed by atoms with Gasteiger partial charge in [-0.2, -0.15) is 23.1 Å². The van der Waals surface area contributed by atoms with Gasteiger partial charge >= 0.3 is 6.18 Å². The molecule has 3 N–H and O–H groups in total. The van der Waals surface area contributed by atoms with Crippen LogP contribution < -0.4 is 16.0 Å². The van der Waals surface area contributed by atoms with Gasteiger partial charge in [-0.15, -0.1) is 0 Å². The van der Waals surface area contributed by atoms with Crippen molar-refractivity contribution in [1.29, 1.82) is 0 Å². The lowest BCUT2D eigenvalue weighted by atomic mass is 9.99. The maximum Gasteiger partial charge on any atom is 0.417 e. The number of rotatable bonds is 4. The molecule has 1 aliphatic rings. The van der Waals surface area contributed by atoms with Gasteiger partial charge in [0.1, 0.15) is 5.82 Å². The molecule has 0 unspecified atom stereocenters. The van der Waals surface area contributed by atoms with Crippen molar-refractivity contribution in [2.75, 3.05) is 49.2 Å². The summed E-state index contributed by atoms with van der Waals surface area (Å²) in [6.45, 7) is 7.09. The topological polar surface area (TPSA) is 83.2 Å². The molecule has 2 aromatic heterocycles.